The fraction of sp³-hybridized carbons (Fsp3) is 0.300. The molecule has 0 amide bonds. The van der Waals surface area contributed by atoms with E-state index in [-0.39, 0.29) is 0 Å². The second-order valence-electron chi connectivity index (χ2n) is 3.39. The number of aliphatic imine (C=N–C) groups is 1. The maximum atomic E-state index is 6.06. The van der Waals surface area contributed by atoms with Crippen LogP contribution in [0.4, 0.5) is 0 Å². The van der Waals surface area contributed by atoms with Gasteiger partial charge in [0.25, 0.3) is 0 Å². The molecule has 0 fully saturated rings. The smallest absolute Gasteiger partial charge is 0.229 e. The summed E-state index contributed by atoms with van der Waals surface area (Å²) in [6.07, 6.45) is 0. The Hall–Kier alpha value is -0.240. The molecular formula is C10H8Cl3N. The topological polar surface area (TPSA) is 12.4 Å². The molecule has 74 valence electrons. The average molecular weight is 249 g/mol. The lowest BCUT2D eigenvalue weighted by molar-refractivity contribution is 0.934. The van der Waals surface area contributed by atoms with Crippen molar-refractivity contribution < 1.29 is 0 Å². The van der Waals surface area contributed by atoms with Crippen LogP contribution in [-0.4, -0.2) is 5.17 Å². The molecule has 0 aromatic heterocycles. The van der Waals surface area contributed by atoms with Crippen molar-refractivity contribution in [2.45, 2.75) is 18.3 Å². The van der Waals surface area contributed by atoms with Crippen molar-refractivity contribution in [1.82, 2.24) is 0 Å². The van der Waals surface area contributed by atoms with Gasteiger partial charge in [0.1, 0.15) is 5.17 Å². The van der Waals surface area contributed by atoms with Gasteiger partial charge < -0.3 is 0 Å². The molecule has 1 aliphatic heterocycles. The number of aryl methyl sites for hydroxylation is 2. The molecule has 0 radical (unpaired) electrons. The minimum Gasteiger partial charge on any atom is -0.229 e. The number of rotatable bonds is 0. The summed E-state index contributed by atoms with van der Waals surface area (Å²) < 4.78 is -1.22. The minimum atomic E-state index is -1.22. The summed E-state index contributed by atoms with van der Waals surface area (Å²) in [6, 6.07) is 3.96. The molecule has 1 nitrogen and oxygen atoms in total. The minimum absolute atomic E-state index is 0.395. The highest BCUT2D eigenvalue weighted by Crippen LogP contribution is 2.46. The summed E-state index contributed by atoms with van der Waals surface area (Å²) in [5, 5.41) is 0.395. The van der Waals surface area contributed by atoms with Crippen LogP contribution >= 0.6 is 34.8 Å². The van der Waals surface area contributed by atoms with E-state index in [1.54, 1.807) is 0 Å². The lowest BCUT2D eigenvalue weighted by Gasteiger charge is -2.14. The zero-order chi connectivity index (χ0) is 10.5. The molecule has 0 aliphatic carbocycles. The van der Waals surface area contributed by atoms with Crippen molar-refractivity contribution in [3.05, 3.63) is 34.4 Å². The van der Waals surface area contributed by atoms with Gasteiger partial charge in [-0.2, -0.15) is 0 Å². The maximum Gasteiger partial charge on any atom is 0.235 e. The van der Waals surface area contributed by atoms with Crippen molar-refractivity contribution in [1.29, 1.82) is 0 Å². The summed E-state index contributed by atoms with van der Waals surface area (Å²) in [5.41, 5.74) is 3.74. The van der Waals surface area contributed by atoms with E-state index in [9.17, 15) is 0 Å². The average Bonchev–Trinajstić information content (AvgIpc) is 2.30. The van der Waals surface area contributed by atoms with E-state index in [1.807, 2.05) is 26.0 Å². The Morgan fingerprint density at radius 2 is 1.71 bits per heavy atom. The second kappa shape index (κ2) is 3.13. The summed E-state index contributed by atoms with van der Waals surface area (Å²) in [4.78, 5) is 4.02. The zero-order valence-corrected chi connectivity index (χ0v) is 10.0. The molecule has 1 aromatic carbocycles. The van der Waals surface area contributed by atoms with Crippen LogP contribution in [0.25, 0.3) is 0 Å². The van der Waals surface area contributed by atoms with Crippen LogP contribution in [0.5, 0.6) is 0 Å². The molecule has 0 bridgehead atoms. The number of alkyl halides is 2. The predicted molar refractivity (Wildman–Crippen MR) is 61.7 cm³/mol. The lowest BCUT2D eigenvalue weighted by Crippen LogP contribution is -2.06. The Labute approximate surface area is 97.7 Å². The number of fused-ring (bicyclic) bond motifs is 1. The SMILES string of the molecule is Cc1ccc(C)c2c1C(Cl)=NC2(Cl)Cl. The first-order valence-corrected chi connectivity index (χ1v) is 5.31. The molecule has 0 spiro atoms. The van der Waals surface area contributed by atoms with Crippen LogP contribution in [0.2, 0.25) is 0 Å². The molecule has 14 heavy (non-hydrogen) atoms. The summed E-state index contributed by atoms with van der Waals surface area (Å²) in [5.74, 6) is 0. The van der Waals surface area contributed by atoms with Crippen LogP contribution in [0.3, 0.4) is 0 Å². The van der Waals surface area contributed by atoms with Gasteiger partial charge in [0, 0.05) is 11.1 Å². The summed E-state index contributed by atoms with van der Waals surface area (Å²) in [6.45, 7) is 3.91. The molecule has 0 N–H and O–H groups in total. The molecule has 0 saturated heterocycles. The van der Waals surface area contributed by atoms with E-state index in [0.29, 0.717) is 5.17 Å². The fourth-order valence-corrected chi connectivity index (χ4v) is 2.81. The molecule has 1 aromatic rings. The molecule has 2 rings (SSSR count). The Kier molecular flexibility index (Phi) is 2.30. The standard InChI is InChI=1S/C10H8Cl3N/c1-5-3-4-6(2)8-7(5)9(11)14-10(8,12)13/h3-4H,1-2H3. The number of hydrogen-bond donors (Lipinski definition) is 0. The van der Waals surface area contributed by atoms with E-state index in [2.05, 4.69) is 4.99 Å². The van der Waals surface area contributed by atoms with Crippen molar-refractivity contribution in [3.63, 3.8) is 0 Å². The first-order chi connectivity index (χ1) is 6.43. The molecule has 1 heterocycles. The van der Waals surface area contributed by atoms with Crippen LogP contribution in [-0.2, 0) is 4.46 Å². The summed E-state index contributed by atoms with van der Waals surface area (Å²) >= 11 is 18.1. The van der Waals surface area contributed by atoms with Gasteiger partial charge in [0.15, 0.2) is 0 Å². The van der Waals surface area contributed by atoms with Gasteiger partial charge in [-0.05, 0) is 25.0 Å². The number of benzene rings is 1. The largest absolute Gasteiger partial charge is 0.235 e. The number of nitrogens with zero attached hydrogens (tertiary/aromatic N) is 1. The van der Waals surface area contributed by atoms with Crippen molar-refractivity contribution in [2.75, 3.05) is 0 Å². The molecule has 0 atom stereocenters. The summed E-state index contributed by atoms with van der Waals surface area (Å²) in [7, 11) is 0. The third kappa shape index (κ3) is 1.35. The molecule has 0 unspecified atom stereocenters. The lowest BCUT2D eigenvalue weighted by atomic mass is 9.99. The third-order valence-corrected chi connectivity index (χ3v) is 3.19. The maximum absolute atomic E-state index is 6.06. The van der Waals surface area contributed by atoms with Gasteiger partial charge in [0.2, 0.25) is 4.46 Å². The van der Waals surface area contributed by atoms with Crippen molar-refractivity contribution >= 4 is 40.0 Å². The van der Waals surface area contributed by atoms with Gasteiger partial charge in [-0.15, -0.1) is 0 Å². The predicted octanol–water partition coefficient (Wildman–Crippen LogP) is 3.89. The fourth-order valence-electron chi connectivity index (χ4n) is 1.70. The highest BCUT2D eigenvalue weighted by molar-refractivity contribution is 6.72. The Morgan fingerprint density at radius 3 is 2.29 bits per heavy atom. The monoisotopic (exact) mass is 247 g/mol. The first kappa shape index (κ1) is 10.3. The first-order valence-electron chi connectivity index (χ1n) is 4.17. The van der Waals surface area contributed by atoms with Gasteiger partial charge >= 0.3 is 0 Å². The zero-order valence-electron chi connectivity index (χ0n) is 7.74. The molecule has 4 heteroatoms. The Bertz CT molecular complexity index is 435. The number of halogens is 3. The normalized spacial score (nSPS) is 17.9. The van der Waals surface area contributed by atoms with E-state index in [4.69, 9.17) is 34.8 Å². The quantitative estimate of drug-likeness (QED) is 0.488. The molecular weight excluding hydrogens is 240 g/mol. The van der Waals surface area contributed by atoms with E-state index in [0.717, 1.165) is 22.3 Å². The second-order valence-corrected chi connectivity index (χ2v) is 5.04. The molecule has 0 saturated carbocycles. The van der Waals surface area contributed by atoms with Crippen LogP contribution in [0.1, 0.15) is 22.3 Å². The third-order valence-electron chi connectivity index (χ3n) is 2.37. The van der Waals surface area contributed by atoms with Gasteiger partial charge in [-0.1, -0.05) is 46.9 Å². The van der Waals surface area contributed by atoms with Crippen LogP contribution < -0.4 is 0 Å². The van der Waals surface area contributed by atoms with Crippen molar-refractivity contribution in [3.8, 4) is 0 Å². The van der Waals surface area contributed by atoms with Gasteiger partial charge in [-0.3, -0.25) is 0 Å². The van der Waals surface area contributed by atoms with Gasteiger partial charge in [0.05, 0.1) is 0 Å². The highest BCUT2D eigenvalue weighted by atomic mass is 35.5. The Morgan fingerprint density at radius 1 is 1.14 bits per heavy atom. The Balaban J connectivity index is 2.81. The molecule has 1 aliphatic rings. The number of hydrogen-bond acceptors (Lipinski definition) is 1. The van der Waals surface area contributed by atoms with Crippen LogP contribution in [0, 0.1) is 13.8 Å². The van der Waals surface area contributed by atoms with E-state index >= 15 is 0 Å². The van der Waals surface area contributed by atoms with Crippen LogP contribution in [0.15, 0.2) is 17.1 Å². The van der Waals surface area contributed by atoms with Gasteiger partial charge in [-0.25, -0.2) is 4.99 Å². The van der Waals surface area contributed by atoms with E-state index < -0.39 is 4.46 Å². The van der Waals surface area contributed by atoms with E-state index in [1.165, 1.54) is 0 Å². The highest BCUT2D eigenvalue weighted by Gasteiger charge is 2.38. The van der Waals surface area contributed by atoms with Crippen molar-refractivity contribution in [2.24, 2.45) is 4.99 Å².